The Morgan fingerprint density at radius 1 is 0.750 bits per heavy atom. The van der Waals surface area contributed by atoms with Crippen molar-refractivity contribution in [2.75, 3.05) is 0 Å². The standard InChI is InChI=1S/C12H14/c1-5-11(3)9-7-8-10-12(4)6-2/h5-10H,1-4H2/b9-7-,10-8-. The molecule has 0 unspecified atom stereocenters. The van der Waals surface area contributed by atoms with Crippen molar-refractivity contribution in [2.45, 2.75) is 0 Å². The molecule has 0 atom stereocenters. The van der Waals surface area contributed by atoms with Gasteiger partial charge >= 0.3 is 0 Å². The van der Waals surface area contributed by atoms with Gasteiger partial charge in [-0.2, -0.15) is 0 Å². The average Bonchev–Trinajstić information content (AvgIpc) is 2.11. The van der Waals surface area contributed by atoms with Crippen molar-refractivity contribution in [3.8, 4) is 0 Å². The minimum atomic E-state index is 0.892. The summed E-state index contributed by atoms with van der Waals surface area (Å²) in [5.74, 6) is 0. The highest BCUT2D eigenvalue weighted by atomic mass is 13.8. The Kier molecular flexibility index (Phi) is 5.37. The van der Waals surface area contributed by atoms with Crippen LogP contribution in [0.4, 0.5) is 0 Å². The number of hydrogen-bond donors (Lipinski definition) is 0. The second kappa shape index (κ2) is 6.17. The molecule has 12 heavy (non-hydrogen) atoms. The molecule has 0 heteroatoms. The SMILES string of the molecule is C=CC(=C)/C=C\C=C/C(=C)C=C. The largest absolute Gasteiger partial charge is 0.0985 e. The van der Waals surface area contributed by atoms with E-state index in [4.69, 9.17) is 0 Å². The lowest BCUT2D eigenvalue weighted by atomic mass is 10.2. The first-order valence-corrected chi connectivity index (χ1v) is 3.68. The van der Waals surface area contributed by atoms with Gasteiger partial charge < -0.3 is 0 Å². The van der Waals surface area contributed by atoms with Crippen molar-refractivity contribution in [1.82, 2.24) is 0 Å². The van der Waals surface area contributed by atoms with Crippen LogP contribution in [0.1, 0.15) is 0 Å². The van der Waals surface area contributed by atoms with Gasteiger partial charge in [0.25, 0.3) is 0 Å². The normalized spacial score (nSPS) is 10.3. The Labute approximate surface area is 74.6 Å². The summed E-state index contributed by atoms with van der Waals surface area (Å²) < 4.78 is 0. The van der Waals surface area contributed by atoms with Crippen molar-refractivity contribution in [3.05, 3.63) is 73.9 Å². The minimum Gasteiger partial charge on any atom is -0.0985 e. The summed E-state index contributed by atoms with van der Waals surface area (Å²) in [7, 11) is 0. The maximum absolute atomic E-state index is 3.73. The predicted molar refractivity (Wildman–Crippen MR) is 57.0 cm³/mol. The molecular formula is C12H14. The molecule has 0 radical (unpaired) electrons. The highest BCUT2D eigenvalue weighted by molar-refractivity contribution is 5.32. The van der Waals surface area contributed by atoms with Gasteiger partial charge in [0, 0.05) is 0 Å². The summed E-state index contributed by atoms with van der Waals surface area (Å²) in [6.07, 6.45) is 10.9. The van der Waals surface area contributed by atoms with E-state index in [1.54, 1.807) is 12.2 Å². The lowest BCUT2D eigenvalue weighted by Crippen LogP contribution is -1.64. The van der Waals surface area contributed by atoms with Gasteiger partial charge in [0.1, 0.15) is 0 Å². The monoisotopic (exact) mass is 158 g/mol. The van der Waals surface area contributed by atoms with Crippen molar-refractivity contribution in [3.63, 3.8) is 0 Å². The summed E-state index contributed by atoms with van der Waals surface area (Å²) in [5, 5.41) is 0. The lowest BCUT2D eigenvalue weighted by molar-refractivity contribution is 1.72. The van der Waals surface area contributed by atoms with Gasteiger partial charge in [-0.1, -0.05) is 62.8 Å². The summed E-state index contributed by atoms with van der Waals surface area (Å²) >= 11 is 0. The third-order valence-corrected chi connectivity index (χ3v) is 1.26. The first-order valence-electron chi connectivity index (χ1n) is 3.68. The van der Waals surface area contributed by atoms with Crippen LogP contribution in [0.15, 0.2) is 73.9 Å². The van der Waals surface area contributed by atoms with Crippen LogP contribution in [0.3, 0.4) is 0 Å². The molecule has 0 rings (SSSR count). The van der Waals surface area contributed by atoms with Crippen molar-refractivity contribution in [2.24, 2.45) is 0 Å². The second-order valence-electron chi connectivity index (χ2n) is 2.28. The van der Waals surface area contributed by atoms with Crippen molar-refractivity contribution < 1.29 is 0 Å². The van der Waals surface area contributed by atoms with E-state index in [-0.39, 0.29) is 0 Å². The average molecular weight is 158 g/mol. The van der Waals surface area contributed by atoms with Crippen LogP contribution in [0.25, 0.3) is 0 Å². The lowest BCUT2D eigenvalue weighted by Gasteiger charge is -1.85. The second-order valence-corrected chi connectivity index (χ2v) is 2.28. The molecule has 0 aromatic rings. The third kappa shape index (κ3) is 5.24. The molecule has 0 bridgehead atoms. The Morgan fingerprint density at radius 2 is 1.08 bits per heavy atom. The number of rotatable bonds is 5. The molecule has 0 nitrogen and oxygen atoms in total. The van der Waals surface area contributed by atoms with E-state index in [0.717, 1.165) is 11.1 Å². The highest BCUT2D eigenvalue weighted by Gasteiger charge is 1.75. The van der Waals surface area contributed by atoms with Gasteiger partial charge in [-0.3, -0.25) is 0 Å². The van der Waals surface area contributed by atoms with Gasteiger partial charge in [-0.25, -0.2) is 0 Å². The Hall–Kier alpha value is -1.56. The fourth-order valence-corrected chi connectivity index (χ4v) is 0.494. The molecule has 0 amide bonds. The van der Waals surface area contributed by atoms with Crippen LogP contribution < -0.4 is 0 Å². The van der Waals surface area contributed by atoms with Crippen LogP contribution in [-0.4, -0.2) is 0 Å². The fourth-order valence-electron chi connectivity index (χ4n) is 0.494. The van der Waals surface area contributed by atoms with Gasteiger partial charge in [-0.05, 0) is 11.1 Å². The Balaban J connectivity index is 3.97. The molecule has 0 fully saturated rings. The van der Waals surface area contributed by atoms with Crippen LogP contribution in [0, 0.1) is 0 Å². The first-order chi connectivity index (χ1) is 5.70. The highest BCUT2D eigenvalue weighted by Crippen LogP contribution is 1.96. The molecule has 0 saturated carbocycles. The fraction of sp³-hybridized carbons (Fsp3) is 0. The van der Waals surface area contributed by atoms with E-state index in [1.807, 2.05) is 24.3 Å². The molecule has 0 aromatic carbocycles. The van der Waals surface area contributed by atoms with E-state index < -0.39 is 0 Å². The van der Waals surface area contributed by atoms with Gasteiger partial charge in [0.05, 0.1) is 0 Å². The van der Waals surface area contributed by atoms with Gasteiger partial charge in [0.15, 0.2) is 0 Å². The number of hydrogen-bond acceptors (Lipinski definition) is 0. The summed E-state index contributed by atoms with van der Waals surface area (Å²) in [6.45, 7) is 14.6. The van der Waals surface area contributed by atoms with Gasteiger partial charge in [-0.15, -0.1) is 0 Å². The topological polar surface area (TPSA) is 0 Å². The van der Waals surface area contributed by atoms with Crippen molar-refractivity contribution >= 4 is 0 Å². The van der Waals surface area contributed by atoms with Crippen LogP contribution in [-0.2, 0) is 0 Å². The van der Waals surface area contributed by atoms with Gasteiger partial charge in [0.2, 0.25) is 0 Å². The van der Waals surface area contributed by atoms with E-state index >= 15 is 0 Å². The van der Waals surface area contributed by atoms with E-state index in [1.165, 1.54) is 0 Å². The predicted octanol–water partition coefficient (Wildman–Crippen LogP) is 3.58. The molecule has 0 heterocycles. The quantitative estimate of drug-likeness (QED) is 0.536. The van der Waals surface area contributed by atoms with Crippen LogP contribution >= 0.6 is 0 Å². The summed E-state index contributed by atoms with van der Waals surface area (Å²) in [4.78, 5) is 0. The molecule has 0 spiro atoms. The zero-order chi connectivity index (χ0) is 9.40. The molecule has 0 aliphatic rings. The molecular weight excluding hydrogens is 144 g/mol. The molecule has 0 aromatic heterocycles. The maximum atomic E-state index is 3.73. The maximum Gasteiger partial charge on any atom is -0.0335 e. The summed E-state index contributed by atoms with van der Waals surface area (Å²) in [6, 6.07) is 0. The Morgan fingerprint density at radius 3 is 1.33 bits per heavy atom. The molecule has 0 aliphatic carbocycles. The molecule has 0 saturated heterocycles. The zero-order valence-corrected chi connectivity index (χ0v) is 7.29. The summed E-state index contributed by atoms with van der Waals surface area (Å²) in [5.41, 5.74) is 1.78. The third-order valence-electron chi connectivity index (χ3n) is 1.26. The smallest absolute Gasteiger partial charge is 0.0335 e. The van der Waals surface area contributed by atoms with Crippen LogP contribution in [0.2, 0.25) is 0 Å². The Bertz CT molecular complexity index is 221. The molecule has 62 valence electrons. The minimum absolute atomic E-state index is 0.892. The molecule has 0 aliphatic heterocycles. The van der Waals surface area contributed by atoms with E-state index in [2.05, 4.69) is 26.3 Å². The van der Waals surface area contributed by atoms with Crippen LogP contribution in [0.5, 0.6) is 0 Å². The zero-order valence-electron chi connectivity index (χ0n) is 7.29. The molecule has 0 N–H and O–H groups in total. The number of allylic oxidation sites excluding steroid dienone is 8. The van der Waals surface area contributed by atoms with E-state index in [9.17, 15) is 0 Å². The van der Waals surface area contributed by atoms with Crippen molar-refractivity contribution in [1.29, 1.82) is 0 Å². The van der Waals surface area contributed by atoms with E-state index in [0.29, 0.717) is 0 Å². The first kappa shape index (κ1) is 10.4.